The van der Waals surface area contributed by atoms with E-state index in [1.54, 1.807) is 13.2 Å². The van der Waals surface area contributed by atoms with Crippen molar-refractivity contribution >= 4 is 17.4 Å². The molecule has 2 amide bonds. The van der Waals surface area contributed by atoms with Crippen LogP contribution in [0.25, 0.3) is 0 Å². The number of hydrogen-bond acceptors (Lipinski definition) is 2. The lowest BCUT2D eigenvalue weighted by molar-refractivity contribution is 0.256. The first kappa shape index (κ1) is 13.9. The van der Waals surface area contributed by atoms with Gasteiger partial charge in [-0.05, 0) is 43.2 Å². The second-order valence-corrected chi connectivity index (χ2v) is 4.29. The molecule has 2 N–H and O–H groups in total. The molecule has 4 heteroatoms. The smallest absolute Gasteiger partial charge is 0.323 e. The number of nitrogens with zero attached hydrogens (tertiary/aromatic N) is 1. The highest BCUT2D eigenvalue weighted by Crippen LogP contribution is 2.28. The molecule has 103 valence electrons. The number of amides is 2. The van der Waals surface area contributed by atoms with E-state index in [1.807, 2.05) is 42.5 Å². The number of benzene rings is 2. The Balaban J connectivity index is 2.41. The number of nitrogens with two attached hydrogens (primary N) is 1. The number of rotatable bonds is 4. The van der Waals surface area contributed by atoms with Crippen molar-refractivity contribution in [2.75, 3.05) is 12.0 Å². The van der Waals surface area contributed by atoms with E-state index in [4.69, 9.17) is 10.5 Å². The van der Waals surface area contributed by atoms with Crippen molar-refractivity contribution < 1.29 is 9.53 Å². The molecule has 0 heterocycles. The summed E-state index contributed by atoms with van der Waals surface area (Å²) in [5.41, 5.74) is 7.97. The van der Waals surface area contributed by atoms with Gasteiger partial charge >= 0.3 is 6.03 Å². The van der Waals surface area contributed by atoms with Crippen molar-refractivity contribution in [2.24, 2.45) is 5.73 Å². The number of primary amides is 1. The molecule has 0 aliphatic rings. The largest absolute Gasteiger partial charge is 0.497 e. The lowest BCUT2D eigenvalue weighted by Crippen LogP contribution is -2.31. The van der Waals surface area contributed by atoms with Crippen LogP contribution in [-0.2, 0) is 6.42 Å². The average molecular weight is 269 g/mol. The fraction of sp³-hybridized carbons (Fsp3) is 0.125. The number of carbonyl (C=O) groups excluding carboxylic acids is 1. The fourth-order valence-electron chi connectivity index (χ4n) is 1.96. The summed E-state index contributed by atoms with van der Waals surface area (Å²) in [4.78, 5) is 13.2. The molecule has 0 aliphatic heterocycles. The molecule has 0 saturated heterocycles. The van der Waals surface area contributed by atoms with Crippen molar-refractivity contribution in [3.63, 3.8) is 0 Å². The van der Waals surface area contributed by atoms with Gasteiger partial charge in [-0.3, -0.25) is 4.90 Å². The first-order valence-corrected chi connectivity index (χ1v) is 6.27. The molecule has 0 bridgehead atoms. The van der Waals surface area contributed by atoms with Crippen LogP contribution >= 0.6 is 0 Å². The Labute approximate surface area is 118 Å². The summed E-state index contributed by atoms with van der Waals surface area (Å²) in [6.45, 7) is 3.82. The molecule has 0 saturated carbocycles. The highest BCUT2D eigenvalue weighted by molar-refractivity contribution is 5.98. The minimum Gasteiger partial charge on any atom is -0.497 e. The molecular formula is C16H17N2O2. The van der Waals surface area contributed by atoms with Gasteiger partial charge in [0.05, 0.1) is 18.5 Å². The van der Waals surface area contributed by atoms with Gasteiger partial charge in [0.15, 0.2) is 0 Å². The summed E-state index contributed by atoms with van der Waals surface area (Å²) in [6.07, 6.45) is 0.704. The van der Waals surface area contributed by atoms with E-state index < -0.39 is 6.03 Å². The molecule has 0 aliphatic carbocycles. The van der Waals surface area contributed by atoms with Crippen molar-refractivity contribution in [3.05, 3.63) is 61.0 Å². The van der Waals surface area contributed by atoms with Gasteiger partial charge in [-0.15, -0.1) is 0 Å². The first-order chi connectivity index (χ1) is 9.65. The SMILES string of the molecule is [CH2]Cc1ccc(N(C(N)=O)c2cccc(OC)c2)cc1. The summed E-state index contributed by atoms with van der Waals surface area (Å²) in [5.74, 6) is 0.670. The summed E-state index contributed by atoms with van der Waals surface area (Å²) in [5, 5.41) is 0. The molecule has 0 unspecified atom stereocenters. The Morgan fingerprint density at radius 3 is 2.45 bits per heavy atom. The van der Waals surface area contributed by atoms with E-state index in [0.29, 0.717) is 23.5 Å². The number of ether oxygens (including phenoxy) is 1. The Bertz CT molecular complexity index is 594. The van der Waals surface area contributed by atoms with Gasteiger partial charge in [0.1, 0.15) is 5.75 Å². The van der Waals surface area contributed by atoms with E-state index >= 15 is 0 Å². The molecule has 20 heavy (non-hydrogen) atoms. The predicted molar refractivity (Wildman–Crippen MR) is 80.2 cm³/mol. The van der Waals surface area contributed by atoms with E-state index in [9.17, 15) is 4.79 Å². The highest BCUT2D eigenvalue weighted by Gasteiger charge is 2.15. The third-order valence-corrected chi connectivity index (χ3v) is 3.02. The Morgan fingerprint density at radius 2 is 1.90 bits per heavy atom. The van der Waals surface area contributed by atoms with Gasteiger partial charge in [0, 0.05) is 6.07 Å². The molecule has 0 fully saturated rings. The van der Waals surface area contributed by atoms with Crippen LogP contribution in [0.1, 0.15) is 5.56 Å². The van der Waals surface area contributed by atoms with Gasteiger partial charge in [0.2, 0.25) is 0 Å². The van der Waals surface area contributed by atoms with Crippen molar-refractivity contribution in [3.8, 4) is 5.75 Å². The molecule has 0 atom stereocenters. The third kappa shape index (κ3) is 2.91. The van der Waals surface area contributed by atoms with Gasteiger partial charge in [-0.25, -0.2) is 4.79 Å². The van der Waals surface area contributed by atoms with Gasteiger partial charge in [-0.1, -0.05) is 18.2 Å². The number of carbonyl (C=O) groups is 1. The third-order valence-electron chi connectivity index (χ3n) is 3.02. The molecule has 0 spiro atoms. The standard InChI is InChI=1S/C16H17N2O2/c1-3-12-7-9-13(10-8-12)18(16(17)19)14-5-4-6-15(11-14)20-2/h4-11H,1,3H2,2H3,(H2,17,19). The van der Waals surface area contributed by atoms with Crippen LogP contribution in [0.15, 0.2) is 48.5 Å². The van der Waals surface area contributed by atoms with Crippen LogP contribution < -0.4 is 15.4 Å². The van der Waals surface area contributed by atoms with Crippen LogP contribution in [0.2, 0.25) is 0 Å². The van der Waals surface area contributed by atoms with E-state index in [1.165, 1.54) is 4.90 Å². The van der Waals surface area contributed by atoms with Crippen molar-refractivity contribution in [2.45, 2.75) is 6.42 Å². The zero-order valence-electron chi connectivity index (χ0n) is 11.4. The minimum absolute atomic E-state index is 0.541. The minimum atomic E-state index is -0.541. The van der Waals surface area contributed by atoms with Crippen LogP contribution in [0.3, 0.4) is 0 Å². The molecule has 1 radical (unpaired) electrons. The molecule has 4 nitrogen and oxygen atoms in total. The maximum Gasteiger partial charge on any atom is 0.323 e. The second kappa shape index (κ2) is 6.10. The Morgan fingerprint density at radius 1 is 1.20 bits per heavy atom. The van der Waals surface area contributed by atoms with Crippen molar-refractivity contribution in [1.29, 1.82) is 0 Å². The lowest BCUT2D eigenvalue weighted by Gasteiger charge is -2.21. The molecule has 2 aromatic rings. The van der Waals surface area contributed by atoms with Crippen molar-refractivity contribution in [1.82, 2.24) is 0 Å². The van der Waals surface area contributed by atoms with Gasteiger partial charge in [-0.2, -0.15) is 0 Å². The monoisotopic (exact) mass is 269 g/mol. The summed E-state index contributed by atoms with van der Waals surface area (Å²) in [7, 11) is 1.58. The van der Waals surface area contributed by atoms with Gasteiger partial charge < -0.3 is 10.5 Å². The predicted octanol–water partition coefficient (Wildman–Crippen LogP) is 3.29. The summed E-state index contributed by atoms with van der Waals surface area (Å²) in [6, 6.07) is 14.2. The fourth-order valence-corrected chi connectivity index (χ4v) is 1.96. The highest BCUT2D eigenvalue weighted by atomic mass is 16.5. The van der Waals surface area contributed by atoms with Gasteiger partial charge in [0.25, 0.3) is 0 Å². The quantitative estimate of drug-likeness (QED) is 0.926. The number of urea groups is 1. The molecule has 2 rings (SSSR count). The van der Waals surface area contributed by atoms with Crippen LogP contribution in [0.5, 0.6) is 5.75 Å². The van der Waals surface area contributed by atoms with E-state index in [-0.39, 0.29) is 0 Å². The molecule has 2 aromatic carbocycles. The zero-order valence-corrected chi connectivity index (χ0v) is 11.4. The Hall–Kier alpha value is -2.49. The topological polar surface area (TPSA) is 55.6 Å². The maximum atomic E-state index is 11.7. The number of methoxy groups -OCH3 is 1. The summed E-state index contributed by atoms with van der Waals surface area (Å²) < 4.78 is 5.17. The second-order valence-electron chi connectivity index (χ2n) is 4.29. The summed E-state index contributed by atoms with van der Waals surface area (Å²) >= 11 is 0. The normalized spacial score (nSPS) is 10.1. The Kier molecular flexibility index (Phi) is 4.25. The average Bonchev–Trinajstić information content (AvgIpc) is 2.48. The number of anilines is 2. The van der Waals surface area contributed by atoms with E-state index in [0.717, 1.165) is 5.56 Å². The molecule has 0 aromatic heterocycles. The van der Waals surface area contributed by atoms with Crippen LogP contribution in [-0.4, -0.2) is 13.1 Å². The lowest BCUT2D eigenvalue weighted by atomic mass is 10.1. The van der Waals surface area contributed by atoms with Crippen LogP contribution in [0, 0.1) is 6.92 Å². The van der Waals surface area contributed by atoms with Crippen LogP contribution in [0.4, 0.5) is 16.2 Å². The molecular weight excluding hydrogens is 252 g/mol. The number of hydrogen-bond donors (Lipinski definition) is 1. The first-order valence-electron chi connectivity index (χ1n) is 6.27. The maximum absolute atomic E-state index is 11.7. The zero-order chi connectivity index (χ0) is 14.5. The van der Waals surface area contributed by atoms with E-state index in [2.05, 4.69) is 6.92 Å².